The number of benzene rings is 3. The van der Waals surface area contributed by atoms with Crippen LogP contribution in [0.15, 0.2) is 65.7 Å². The topological polar surface area (TPSA) is 64.7 Å². The van der Waals surface area contributed by atoms with E-state index in [-0.39, 0.29) is 0 Å². The average molecular weight is 304 g/mol. The minimum absolute atomic E-state index is 0.448. The van der Waals surface area contributed by atoms with Crippen molar-refractivity contribution in [2.45, 2.75) is 0 Å². The molecule has 0 saturated heterocycles. The number of methoxy groups -OCH3 is 1. The standard InChI is InChI=1S/C19H16N2O2/c1-23-18-11-8-13-4-2-3-5-16(13)17(18)12-21-15-9-6-14(7-10-15)19(20)22/h2-12H,1H3,(H2,20,22). The number of rotatable bonds is 4. The molecule has 0 bridgehead atoms. The number of hydrogen-bond acceptors (Lipinski definition) is 3. The smallest absolute Gasteiger partial charge is 0.248 e. The fourth-order valence-corrected chi connectivity index (χ4v) is 2.44. The van der Waals surface area contributed by atoms with E-state index in [1.54, 1.807) is 37.6 Å². The molecule has 0 aliphatic carbocycles. The number of nitrogens with zero attached hydrogens (tertiary/aromatic N) is 1. The number of primary amides is 1. The Kier molecular flexibility index (Phi) is 4.06. The minimum Gasteiger partial charge on any atom is -0.496 e. The fourth-order valence-electron chi connectivity index (χ4n) is 2.44. The summed E-state index contributed by atoms with van der Waals surface area (Å²) in [6.07, 6.45) is 1.78. The van der Waals surface area contributed by atoms with Crippen LogP contribution in [0.5, 0.6) is 5.75 Å². The van der Waals surface area contributed by atoms with Gasteiger partial charge in [-0.15, -0.1) is 0 Å². The van der Waals surface area contributed by atoms with Crippen molar-refractivity contribution >= 4 is 28.6 Å². The van der Waals surface area contributed by atoms with E-state index in [1.165, 1.54) is 0 Å². The summed E-state index contributed by atoms with van der Waals surface area (Å²) in [6, 6.07) is 18.9. The molecular formula is C19H16N2O2. The molecule has 4 heteroatoms. The molecule has 3 aromatic rings. The van der Waals surface area contributed by atoms with Crippen LogP contribution in [0.25, 0.3) is 10.8 Å². The molecule has 0 heterocycles. The molecule has 0 spiro atoms. The molecule has 1 amide bonds. The molecule has 2 N–H and O–H groups in total. The molecule has 0 aliphatic heterocycles. The van der Waals surface area contributed by atoms with Crippen molar-refractivity contribution in [3.05, 3.63) is 71.8 Å². The van der Waals surface area contributed by atoms with Crippen LogP contribution in [0.2, 0.25) is 0 Å². The zero-order valence-corrected chi connectivity index (χ0v) is 12.7. The van der Waals surface area contributed by atoms with Crippen LogP contribution < -0.4 is 10.5 Å². The lowest BCUT2D eigenvalue weighted by Crippen LogP contribution is -2.10. The monoisotopic (exact) mass is 304 g/mol. The quantitative estimate of drug-likeness (QED) is 0.747. The Labute approximate surface area is 134 Å². The lowest BCUT2D eigenvalue weighted by molar-refractivity contribution is 0.100. The second-order valence-electron chi connectivity index (χ2n) is 5.07. The second kappa shape index (κ2) is 6.32. The predicted octanol–water partition coefficient (Wildman–Crippen LogP) is 3.70. The molecule has 3 rings (SSSR count). The first-order chi connectivity index (χ1) is 11.2. The van der Waals surface area contributed by atoms with Gasteiger partial charge in [-0.1, -0.05) is 30.3 Å². The van der Waals surface area contributed by atoms with Crippen LogP contribution >= 0.6 is 0 Å². The lowest BCUT2D eigenvalue weighted by Gasteiger charge is -2.08. The van der Waals surface area contributed by atoms with Gasteiger partial charge >= 0.3 is 0 Å². The molecule has 0 aliphatic rings. The maximum absolute atomic E-state index is 11.1. The first kappa shape index (κ1) is 14.8. The van der Waals surface area contributed by atoms with Gasteiger partial charge in [0.1, 0.15) is 5.75 Å². The molecule has 4 nitrogen and oxygen atoms in total. The number of carbonyl (C=O) groups excluding carboxylic acids is 1. The number of carbonyl (C=O) groups is 1. The van der Waals surface area contributed by atoms with E-state index in [0.29, 0.717) is 5.56 Å². The summed E-state index contributed by atoms with van der Waals surface area (Å²) in [5.74, 6) is 0.317. The van der Waals surface area contributed by atoms with E-state index in [0.717, 1.165) is 27.8 Å². The molecule has 0 aromatic heterocycles. The predicted molar refractivity (Wildman–Crippen MR) is 92.7 cm³/mol. The molecule has 0 fully saturated rings. The third-order valence-electron chi connectivity index (χ3n) is 3.65. The number of ether oxygens (including phenoxy) is 1. The summed E-state index contributed by atoms with van der Waals surface area (Å²) in [5.41, 5.74) is 7.36. The van der Waals surface area contributed by atoms with Crippen molar-refractivity contribution in [3.8, 4) is 5.75 Å². The lowest BCUT2D eigenvalue weighted by atomic mass is 10.0. The third-order valence-corrected chi connectivity index (χ3v) is 3.65. The van der Waals surface area contributed by atoms with E-state index < -0.39 is 5.91 Å². The van der Waals surface area contributed by atoms with Crippen LogP contribution in [-0.2, 0) is 0 Å². The van der Waals surface area contributed by atoms with Gasteiger partial charge in [0.25, 0.3) is 0 Å². The number of amides is 1. The molecule has 0 atom stereocenters. The van der Waals surface area contributed by atoms with Gasteiger partial charge < -0.3 is 10.5 Å². The Morgan fingerprint density at radius 2 is 1.78 bits per heavy atom. The molecule has 114 valence electrons. The van der Waals surface area contributed by atoms with Gasteiger partial charge in [0.05, 0.1) is 12.8 Å². The van der Waals surface area contributed by atoms with Gasteiger partial charge in [-0.25, -0.2) is 0 Å². The Bertz CT molecular complexity index is 884. The number of nitrogens with two attached hydrogens (primary N) is 1. The summed E-state index contributed by atoms with van der Waals surface area (Å²) in [7, 11) is 1.64. The van der Waals surface area contributed by atoms with Gasteiger partial charge in [-0.3, -0.25) is 9.79 Å². The van der Waals surface area contributed by atoms with Gasteiger partial charge in [0.15, 0.2) is 0 Å². The third kappa shape index (κ3) is 3.06. The van der Waals surface area contributed by atoms with Crippen LogP contribution in [0, 0.1) is 0 Å². The minimum atomic E-state index is -0.448. The Hall–Kier alpha value is -3.14. The molecular weight excluding hydrogens is 288 g/mol. The van der Waals surface area contributed by atoms with Gasteiger partial charge in [-0.2, -0.15) is 0 Å². The van der Waals surface area contributed by atoms with Crippen LogP contribution in [-0.4, -0.2) is 19.2 Å². The SMILES string of the molecule is COc1ccc2ccccc2c1C=Nc1ccc(C(N)=O)cc1. The second-order valence-corrected chi connectivity index (χ2v) is 5.07. The van der Waals surface area contributed by atoms with Gasteiger partial charge in [0.2, 0.25) is 5.91 Å². The molecule has 0 saturated carbocycles. The van der Waals surface area contributed by atoms with Crippen molar-refractivity contribution < 1.29 is 9.53 Å². The van der Waals surface area contributed by atoms with Crippen molar-refractivity contribution in [2.75, 3.05) is 7.11 Å². The van der Waals surface area contributed by atoms with E-state index >= 15 is 0 Å². The zero-order chi connectivity index (χ0) is 16.2. The molecule has 23 heavy (non-hydrogen) atoms. The van der Waals surface area contributed by atoms with Crippen LogP contribution in [0.4, 0.5) is 5.69 Å². The van der Waals surface area contributed by atoms with Crippen LogP contribution in [0.1, 0.15) is 15.9 Å². The first-order valence-corrected chi connectivity index (χ1v) is 7.19. The number of fused-ring (bicyclic) bond motifs is 1. The van der Waals surface area contributed by atoms with Crippen molar-refractivity contribution in [1.29, 1.82) is 0 Å². The summed E-state index contributed by atoms with van der Waals surface area (Å²) in [4.78, 5) is 15.6. The normalized spacial score (nSPS) is 11.0. The van der Waals surface area contributed by atoms with Gasteiger partial charge in [-0.05, 0) is 41.1 Å². The first-order valence-electron chi connectivity index (χ1n) is 7.19. The average Bonchev–Trinajstić information content (AvgIpc) is 2.59. The van der Waals surface area contributed by atoms with Gasteiger partial charge in [0, 0.05) is 17.3 Å². The highest BCUT2D eigenvalue weighted by molar-refractivity contribution is 6.03. The highest BCUT2D eigenvalue weighted by Gasteiger charge is 2.06. The van der Waals surface area contributed by atoms with Crippen LogP contribution in [0.3, 0.4) is 0 Å². The maximum atomic E-state index is 11.1. The Morgan fingerprint density at radius 3 is 2.48 bits per heavy atom. The summed E-state index contributed by atoms with van der Waals surface area (Å²) in [5, 5.41) is 2.20. The number of aliphatic imine (C=N–C) groups is 1. The van der Waals surface area contributed by atoms with Crippen molar-refractivity contribution in [1.82, 2.24) is 0 Å². The van der Waals surface area contributed by atoms with E-state index in [2.05, 4.69) is 4.99 Å². The summed E-state index contributed by atoms with van der Waals surface area (Å²) in [6.45, 7) is 0. The Morgan fingerprint density at radius 1 is 1.04 bits per heavy atom. The van der Waals surface area contributed by atoms with Crippen molar-refractivity contribution in [2.24, 2.45) is 10.7 Å². The zero-order valence-electron chi connectivity index (χ0n) is 12.7. The number of hydrogen-bond donors (Lipinski definition) is 1. The molecule has 0 radical (unpaired) electrons. The van der Waals surface area contributed by atoms with E-state index in [4.69, 9.17) is 10.5 Å². The largest absolute Gasteiger partial charge is 0.496 e. The molecule has 3 aromatic carbocycles. The Balaban J connectivity index is 2.01. The fraction of sp³-hybridized carbons (Fsp3) is 0.0526. The summed E-state index contributed by atoms with van der Waals surface area (Å²) < 4.78 is 5.44. The molecule has 0 unspecified atom stereocenters. The maximum Gasteiger partial charge on any atom is 0.248 e. The van der Waals surface area contributed by atoms with Crippen molar-refractivity contribution in [3.63, 3.8) is 0 Å². The van der Waals surface area contributed by atoms with E-state index in [9.17, 15) is 4.79 Å². The van der Waals surface area contributed by atoms with E-state index in [1.807, 2.05) is 36.4 Å². The highest BCUT2D eigenvalue weighted by Crippen LogP contribution is 2.27. The summed E-state index contributed by atoms with van der Waals surface area (Å²) >= 11 is 0. The highest BCUT2D eigenvalue weighted by atomic mass is 16.5.